The van der Waals surface area contributed by atoms with Crippen LogP contribution in [0.25, 0.3) is 22.7 Å². The maximum Gasteiger partial charge on any atom is 0.205 e. The lowest BCUT2D eigenvalue weighted by Gasteiger charge is -2.08. The highest BCUT2D eigenvalue weighted by Crippen LogP contribution is 2.29. The van der Waals surface area contributed by atoms with Gasteiger partial charge in [0.25, 0.3) is 0 Å². The van der Waals surface area contributed by atoms with Crippen molar-refractivity contribution >= 4 is 23.4 Å². The molecule has 4 aromatic rings. The van der Waals surface area contributed by atoms with E-state index in [4.69, 9.17) is 16.0 Å². The molecule has 2 aromatic carbocycles. The molecule has 0 aliphatic rings. The number of rotatable bonds is 6. The number of hydrogen-bond donors (Lipinski definition) is 0. The molecular weight excluding hydrogens is 392 g/mol. The van der Waals surface area contributed by atoms with Crippen molar-refractivity contribution in [3.8, 4) is 22.7 Å². The van der Waals surface area contributed by atoms with Crippen LogP contribution in [0.3, 0.4) is 0 Å². The molecule has 2 aromatic heterocycles. The number of benzene rings is 2. The first-order valence-corrected chi connectivity index (χ1v) is 10.3. The first kappa shape index (κ1) is 18.8. The highest BCUT2D eigenvalue weighted by atomic mass is 35.5. The monoisotopic (exact) mass is 410 g/mol. The predicted molar refractivity (Wildman–Crippen MR) is 112 cm³/mol. The Bertz CT molecular complexity index is 1090. The molecule has 0 spiro atoms. The van der Waals surface area contributed by atoms with Crippen molar-refractivity contribution < 1.29 is 4.42 Å². The summed E-state index contributed by atoms with van der Waals surface area (Å²) in [6.07, 6.45) is 1.74. The fraction of sp³-hybridized carbons (Fsp3) is 0.190. The van der Waals surface area contributed by atoms with Crippen molar-refractivity contribution in [2.45, 2.75) is 31.3 Å². The van der Waals surface area contributed by atoms with Crippen LogP contribution in [0.15, 0.2) is 64.3 Å². The minimum absolute atomic E-state index is 0.583. The third-order valence-electron chi connectivity index (χ3n) is 4.43. The summed E-state index contributed by atoms with van der Waals surface area (Å²) in [6.45, 7) is 4.97. The summed E-state index contributed by atoms with van der Waals surface area (Å²) < 4.78 is 8.00. The van der Waals surface area contributed by atoms with E-state index in [1.165, 1.54) is 5.56 Å². The number of hydrogen-bond acceptors (Lipinski definition) is 5. The minimum atomic E-state index is 0.583. The zero-order valence-corrected chi connectivity index (χ0v) is 17.2. The molecule has 0 bridgehead atoms. The Morgan fingerprint density at radius 2 is 1.86 bits per heavy atom. The number of aryl methyl sites for hydroxylation is 1. The normalized spacial score (nSPS) is 11.1. The number of halogens is 1. The summed E-state index contributed by atoms with van der Waals surface area (Å²) in [4.78, 5) is 4.39. The summed E-state index contributed by atoms with van der Waals surface area (Å²) >= 11 is 7.51. The van der Waals surface area contributed by atoms with Gasteiger partial charge in [0.2, 0.25) is 5.89 Å². The van der Waals surface area contributed by atoms with E-state index in [0.29, 0.717) is 16.7 Å². The second kappa shape index (κ2) is 8.20. The average Bonchev–Trinajstić information content (AvgIpc) is 3.34. The van der Waals surface area contributed by atoms with E-state index in [-0.39, 0.29) is 0 Å². The van der Waals surface area contributed by atoms with E-state index < -0.39 is 0 Å². The van der Waals surface area contributed by atoms with Gasteiger partial charge in [-0.2, -0.15) is 0 Å². The van der Waals surface area contributed by atoms with Gasteiger partial charge in [0.15, 0.2) is 16.7 Å². The minimum Gasteiger partial charge on any atom is -0.440 e. The second-order valence-corrected chi connectivity index (χ2v) is 7.66. The fourth-order valence-corrected chi connectivity index (χ4v) is 3.94. The van der Waals surface area contributed by atoms with Gasteiger partial charge in [-0.1, -0.05) is 47.6 Å². The van der Waals surface area contributed by atoms with Gasteiger partial charge in [-0.15, -0.1) is 10.2 Å². The van der Waals surface area contributed by atoms with Crippen LogP contribution in [0.4, 0.5) is 0 Å². The van der Waals surface area contributed by atoms with Crippen LogP contribution in [0, 0.1) is 6.92 Å². The molecule has 0 saturated heterocycles. The van der Waals surface area contributed by atoms with Crippen LogP contribution in [-0.2, 0) is 12.3 Å². The molecular formula is C21H19ClN4OS. The standard InChI is InChI=1S/C21H19ClN4OS/c1-3-26-20(17-7-5-4-6-14(17)2)24-25-21(26)28-13-19-23-12-18(27-19)15-8-10-16(22)11-9-15/h4-12H,3,13H2,1-2H3. The molecule has 0 saturated carbocycles. The highest BCUT2D eigenvalue weighted by molar-refractivity contribution is 7.98. The molecule has 2 heterocycles. The maximum atomic E-state index is 5.94. The van der Waals surface area contributed by atoms with Gasteiger partial charge in [0.1, 0.15) is 0 Å². The Morgan fingerprint density at radius 1 is 1.07 bits per heavy atom. The van der Waals surface area contributed by atoms with Crippen LogP contribution >= 0.6 is 23.4 Å². The third-order valence-corrected chi connectivity index (χ3v) is 5.63. The number of nitrogens with zero attached hydrogens (tertiary/aromatic N) is 4. The largest absolute Gasteiger partial charge is 0.440 e. The molecule has 5 nitrogen and oxygen atoms in total. The maximum absolute atomic E-state index is 5.94. The van der Waals surface area contributed by atoms with Crippen molar-refractivity contribution in [2.24, 2.45) is 0 Å². The van der Waals surface area contributed by atoms with Crippen molar-refractivity contribution in [3.63, 3.8) is 0 Å². The molecule has 0 aliphatic heterocycles. The molecule has 4 rings (SSSR count). The molecule has 142 valence electrons. The molecule has 0 aliphatic carbocycles. The highest BCUT2D eigenvalue weighted by Gasteiger charge is 2.16. The summed E-state index contributed by atoms with van der Waals surface area (Å²) in [5, 5.41) is 10.4. The van der Waals surface area contributed by atoms with Crippen molar-refractivity contribution in [1.82, 2.24) is 19.7 Å². The molecule has 0 N–H and O–H groups in total. The van der Waals surface area contributed by atoms with Crippen molar-refractivity contribution in [2.75, 3.05) is 0 Å². The van der Waals surface area contributed by atoms with Gasteiger partial charge in [0, 0.05) is 22.7 Å². The predicted octanol–water partition coefficient (Wildman–Crippen LogP) is 5.87. The summed E-state index contributed by atoms with van der Waals surface area (Å²) in [6, 6.07) is 15.7. The van der Waals surface area contributed by atoms with E-state index in [1.54, 1.807) is 18.0 Å². The van der Waals surface area contributed by atoms with Crippen molar-refractivity contribution in [3.05, 3.63) is 71.2 Å². The first-order valence-electron chi connectivity index (χ1n) is 8.98. The lowest BCUT2D eigenvalue weighted by atomic mass is 10.1. The van der Waals surface area contributed by atoms with Gasteiger partial charge >= 0.3 is 0 Å². The van der Waals surface area contributed by atoms with E-state index in [9.17, 15) is 0 Å². The van der Waals surface area contributed by atoms with E-state index in [0.717, 1.165) is 34.4 Å². The molecule has 0 amide bonds. The van der Waals surface area contributed by atoms with E-state index >= 15 is 0 Å². The van der Waals surface area contributed by atoms with Gasteiger partial charge in [-0.25, -0.2) is 4.98 Å². The van der Waals surface area contributed by atoms with Gasteiger partial charge in [0.05, 0.1) is 11.9 Å². The second-order valence-electron chi connectivity index (χ2n) is 6.28. The summed E-state index contributed by atoms with van der Waals surface area (Å²) in [5.41, 5.74) is 3.23. The van der Waals surface area contributed by atoms with E-state index in [1.807, 2.05) is 36.4 Å². The summed E-state index contributed by atoms with van der Waals surface area (Å²) in [5.74, 6) is 2.85. The molecule has 28 heavy (non-hydrogen) atoms. The third kappa shape index (κ3) is 3.84. The van der Waals surface area contributed by atoms with Crippen LogP contribution < -0.4 is 0 Å². The Morgan fingerprint density at radius 3 is 2.61 bits per heavy atom. The van der Waals surface area contributed by atoms with Crippen molar-refractivity contribution in [1.29, 1.82) is 0 Å². The molecule has 0 atom stereocenters. The Labute approximate surface area is 172 Å². The molecule has 0 fully saturated rings. The Hall–Kier alpha value is -2.57. The quantitative estimate of drug-likeness (QED) is 0.372. The number of oxazole rings is 1. The van der Waals surface area contributed by atoms with Crippen LogP contribution in [-0.4, -0.2) is 19.7 Å². The topological polar surface area (TPSA) is 56.7 Å². The van der Waals surface area contributed by atoms with Crippen LogP contribution in [0.1, 0.15) is 18.4 Å². The smallest absolute Gasteiger partial charge is 0.205 e. The zero-order valence-electron chi connectivity index (χ0n) is 15.6. The zero-order chi connectivity index (χ0) is 19.5. The average molecular weight is 411 g/mol. The van der Waals surface area contributed by atoms with E-state index in [2.05, 4.69) is 45.7 Å². The van der Waals surface area contributed by atoms with Gasteiger partial charge < -0.3 is 8.98 Å². The fourth-order valence-electron chi connectivity index (χ4n) is 2.95. The molecule has 0 unspecified atom stereocenters. The first-order chi connectivity index (χ1) is 13.7. The van der Waals surface area contributed by atoms with Gasteiger partial charge in [-0.3, -0.25) is 0 Å². The van der Waals surface area contributed by atoms with Crippen LogP contribution in [0.5, 0.6) is 0 Å². The Balaban J connectivity index is 1.52. The van der Waals surface area contributed by atoms with Crippen LogP contribution in [0.2, 0.25) is 5.02 Å². The number of aromatic nitrogens is 4. The molecule has 0 radical (unpaired) electrons. The number of thioether (sulfide) groups is 1. The summed E-state index contributed by atoms with van der Waals surface area (Å²) in [7, 11) is 0. The van der Waals surface area contributed by atoms with Gasteiger partial charge in [-0.05, 0) is 43.7 Å². The lowest BCUT2D eigenvalue weighted by Crippen LogP contribution is -2.00. The lowest BCUT2D eigenvalue weighted by molar-refractivity contribution is 0.529. The molecule has 7 heteroatoms. The SMILES string of the molecule is CCn1c(SCc2ncc(-c3ccc(Cl)cc3)o2)nnc1-c1ccccc1C. The Kier molecular flexibility index (Phi) is 5.50.